The maximum atomic E-state index is 11.9. The molecule has 0 rings (SSSR count). The smallest absolute Gasteiger partial charge is 0.334 e. The van der Waals surface area contributed by atoms with Crippen LogP contribution in [0.2, 0.25) is 0 Å². The van der Waals surface area contributed by atoms with Crippen LogP contribution in [0, 0.1) is 0 Å². The summed E-state index contributed by atoms with van der Waals surface area (Å²) in [6.07, 6.45) is 2.07. The molecule has 0 spiro atoms. The van der Waals surface area contributed by atoms with Crippen LogP contribution in [0.5, 0.6) is 0 Å². The summed E-state index contributed by atoms with van der Waals surface area (Å²) in [6, 6.07) is 0. The Hall–Kier alpha value is -0.190. The van der Waals surface area contributed by atoms with Crippen LogP contribution >= 0.6 is 7.60 Å². The Labute approximate surface area is 90.6 Å². The molecule has 1 N–H and O–H groups in total. The lowest BCUT2D eigenvalue weighted by Crippen LogP contribution is -2.04. The number of ether oxygens (including phenoxy) is 1. The van der Waals surface area contributed by atoms with Crippen molar-refractivity contribution < 1.29 is 23.5 Å². The van der Waals surface area contributed by atoms with Crippen LogP contribution < -0.4 is 0 Å². The van der Waals surface area contributed by atoms with Crippen molar-refractivity contribution in [2.75, 3.05) is 26.5 Å². The largest absolute Gasteiger partial charge is 0.365 e. The average molecular weight is 238 g/mol. The Morgan fingerprint density at radius 3 is 2.27 bits per heavy atom. The summed E-state index contributed by atoms with van der Waals surface area (Å²) in [5.41, 5.74) is 0. The summed E-state index contributed by atoms with van der Waals surface area (Å²) < 4.78 is 26.5. The lowest BCUT2D eigenvalue weighted by atomic mass is 10.5. The molecule has 90 valence electrons. The van der Waals surface area contributed by atoms with Gasteiger partial charge in [0.25, 0.3) is 0 Å². The van der Waals surface area contributed by atoms with E-state index in [2.05, 4.69) is 4.74 Å². The minimum absolute atomic E-state index is 0.134. The number of aliphatic hydroxyl groups is 1. The third-order valence-electron chi connectivity index (χ3n) is 1.52. The summed E-state index contributed by atoms with van der Waals surface area (Å²) in [5, 5.41) is 9.03. The molecule has 0 amide bonds. The molecule has 0 aromatic heterocycles. The first-order valence-electron chi connectivity index (χ1n) is 4.83. The Morgan fingerprint density at radius 2 is 1.87 bits per heavy atom. The van der Waals surface area contributed by atoms with E-state index in [9.17, 15) is 4.57 Å². The van der Waals surface area contributed by atoms with Crippen molar-refractivity contribution in [3.63, 3.8) is 0 Å². The zero-order valence-electron chi connectivity index (χ0n) is 9.38. The van der Waals surface area contributed by atoms with Gasteiger partial charge in [-0.3, -0.25) is 4.57 Å². The van der Waals surface area contributed by atoms with E-state index < -0.39 is 13.9 Å². The number of allylic oxidation sites excluding steroid dienone is 1. The van der Waals surface area contributed by atoms with Gasteiger partial charge in [-0.15, -0.1) is 0 Å². The van der Waals surface area contributed by atoms with Gasteiger partial charge < -0.3 is 18.9 Å². The van der Waals surface area contributed by atoms with Gasteiger partial charge >= 0.3 is 7.60 Å². The molecule has 15 heavy (non-hydrogen) atoms. The second-order valence-electron chi connectivity index (χ2n) is 2.68. The quantitative estimate of drug-likeness (QED) is 0.396. The van der Waals surface area contributed by atoms with Crippen LogP contribution in [-0.2, 0) is 18.3 Å². The zero-order chi connectivity index (χ0) is 11.7. The predicted molar refractivity (Wildman–Crippen MR) is 57.9 cm³/mol. The lowest BCUT2D eigenvalue weighted by molar-refractivity contribution is -0.0357. The third kappa shape index (κ3) is 6.82. The van der Waals surface area contributed by atoms with Crippen molar-refractivity contribution in [2.24, 2.45) is 0 Å². The number of methoxy groups -OCH3 is 1. The van der Waals surface area contributed by atoms with Crippen LogP contribution in [0.25, 0.3) is 0 Å². The molecule has 5 nitrogen and oxygen atoms in total. The Bertz CT molecular complexity index is 219. The topological polar surface area (TPSA) is 65.0 Å². The molecule has 0 heterocycles. The first-order valence-corrected chi connectivity index (χ1v) is 6.56. The minimum atomic E-state index is -3.04. The molecular weight excluding hydrogens is 219 g/mol. The number of hydrogen-bond donors (Lipinski definition) is 1. The van der Waals surface area contributed by atoms with Gasteiger partial charge in [0.05, 0.1) is 19.4 Å². The molecule has 1 unspecified atom stereocenters. The van der Waals surface area contributed by atoms with Crippen LogP contribution in [0.15, 0.2) is 12.2 Å². The van der Waals surface area contributed by atoms with E-state index in [1.807, 2.05) is 0 Å². The maximum absolute atomic E-state index is 11.9. The highest BCUT2D eigenvalue weighted by molar-refractivity contribution is 7.54. The van der Waals surface area contributed by atoms with Crippen LogP contribution in [0.4, 0.5) is 0 Å². The summed E-state index contributed by atoms with van der Waals surface area (Å²) in [7, 11) is -1.66. The van der Waals surface area contributed by atoms with Gasteiger partial charge in [0.2, 0.25) is 0 Å². The second kappa shape index (κ2) is 8.02. The van der Waals surface area contributed by atoms with Crippen molar-refractivity contribution in [3.8, 4) is 0 Å². The molecule has 0 aliphatic rings. The first-order chi connectivity index (χ1) is 7.08. The fraction of sp³-hybridized carbons (Fsp3) is 0.778. The van der Waals surface area contributed by atoms with E-state index in [1.165, 1.54) is 19.3 Å². The molecule has 0 aromatic rings. The highest BCUT2D eigenvalue weighted by Crippen LogP contribution is 2.47. The average Bonchev–Trinajstić information content (AvgIpc) is 2.18. The van der Waals surface area contributed by atoms with Crippen molar-refractivity contribution >= 4 is 7.60 Å². The number of rotatable bonds is 8. The minimum Gasteiger partial charge on any atom is -0.365 e. The van der Waals surface area contributed by atoms with E-state index in [4.69, 9.17) is 14.2 Å². The fourth-order valence-corrected chi connectivity index (χ4v) is 2.37. The molecule has 0 aliphatic heterocycles. The molecule has 0 aliphatic carbocycles. The van der Waals surface area contributed by atoms with Crippen molar-refractivity contribution in [1.29, 1.82) is 0 Å². The van der Waals surface area contributed by atoms with Gasteiger partial charge in [0.15, 0.2) is 6.29 Å². The molecule has 0 radical (unpaired) electrons. The summed E-state index contributed by atoms with van der Waals surface area (Å²) in [4.78, 5) is 0. The molecule has 0 aromatic carbocycles. The van der Waals surface area contributed by atoms with Crippen molar-refractivity contribution in [2.45, 2.75) is 20.1 Å². The highest BCUT2D eigenvalue weighted by Gasteiger charge is 2.21. The summed E-state index contributed by atoms with van der Waals surface area (Å²) >= 11 is 0. The van der Waals surface area contributed by atoms with E-state index in [1.54, 1.807) is 13.8 Å². The standard InChI is InChI=1S/C9H19O5P/c1-4-13-15(11,14-5-2)8-6-7-9(10)12-3/h6-7,9-10H,4-5,8H2,1-3H3. The molecule has 0 saturated carbocycles. The summed E-state index contributed by atoms with van der Waals surface area (Å²) in [6.45, 7) is 4.16. The van der Waals surface area contributed by atoms with Crippen LogP contribution in [-0.4, -0.2) is 37.9 Å². The van der Waals surface area contributed by atoms with Gasteiger partial charge in [-0.2, -0.15) is 0 Å². The Morgan fingerprint density at radius 1 is 1.33 bits per heavy atom. The molecule has 1 atom stereocenters. The molecule has 0 bridgehead atoms. The predicted octanol–water partition coefficient (Wildman–Crippen LogP) is 1.77. The number of aliphatic hydroxyl groups excluding tert-OH is 1. The van der Waals surface area contributed by atoms with E-state index in [-0.39, 0.29) is 6.16 Å². The summed E-state index contributed by atoms with van der Waals surface area (Å²) in [5.74, 6) is 0. The van der Waals surface area contributed by atoms with Crippen LogP contribution in [0.1, 0.15) is 13.8 Å². The molecule has 0 saturated heterocycles. The highest BCUT2D eigenvalue weighted by atomic mass is 31.2. The molecule has 6 heteroatoms. The van der Waals surface area contributed by atoms with Crippen molar-refractivity contribution in [1.82, 2.24) is 0 Å². The van der Waals surface area contributed by atoms with Gasteiger partial charge in [-0.1, -0.05) is 6.08 Å². The zero-order valence-corrected chi connectivity index (χ0v) is 10.3. The number of hydrogen-bond acceptors (Lipinski definition) is 5. The SMILES string of the molecule is CCOP(=O)(CC=CC(O)OC)OCC. The van der Waals surface area contributed by atoms with Crippen LogP contribution in [0.3, 0.4) is 0 Å². The van der Waals surface area contributed by atoms with Crippen molar-refractivity contribution in [3.05, 3.63) is 12.2 Å². The Kier molecular flexibility index (Phi) is 7.92. The normalized spacial score (nSPS) is 14.7. The maximum Gasteiger partial charge on any atom is 0.334 e. The molecule has 0 fully saturated rings. The third-order valence-corrected chi connectivity index (χ3v) is 3.48. The molecular formula is C9H19O5P. The lowest BCUT2D eigenvalue weighted by Gasteiger charge is -2.14. The van der Waals surface area contributed by atoms with Gasteiger partial charge in [0, 0.05) is 7.11 Å². The monoisotopic (exact) mass is 238 g/mol. The van der Waals surface area contributed by atoms with E-state index in [0.29, 0.717) is 13.2 Å². The van der Waals surface area contributed by atoms with E-state index in [0.717, 1.165) is 0 Å². The van der Waals surface area contributed by atoms with Gasteiger partial charge in [-0.05, 0) is 19.9 Å². The second-order valence-corrected chi connectivity index (χ2v) is 4.79. The first kappa shape index (κ1) is 14.8. The van der Waals surface area contributed by atoms with E-state index >= 15 is 0 Å². The fourth-order valence-electron chi connectivity index (χ4n) is 0.921. The van der Waals surface area contributed by atoms with Gasteiger partial charge in [-0.25, -0.2) is 0 Å². The Balaban J connectivity index is 4.17. The van der Waals surface area contributed by atoms with Gasteiger partial charge in [0.1, 0.15) is 0 Å².